The van der Waals surface area contributed by atoms with Gasteiger partial charge in [-0.1, -0.05) is 55.5 Å². The van der Waals surface area contributed by atoms with Crippen LogP contribution in [0, 0.1) is 12.8 Å². The Hall–Kier alpha value is -4.33. The number of para-hydroxylation sites is 1. The Bertz CT molecular complexity index is 1310. The lowest BCUT2D eigenvalue weighted by Gasteiger charge is -2.19. The molecule has 0 saturated heterocycles. The zero-order chi connectivity index (χ0) is 28.4. The van der Waals surface area contributed by atoms with Crippen molar-refractivity contribution in [1.82, 2.24) is 4.90 Å². The molecule has 1 atom stereocenters. The van der Waals surface area contributed by atoms with Crippen LogP contribution in [-0.4, -0.2) is 44.1 Å². The standard InChI is InChI=1S/C31H37N3O5/c1-6-25(30(36)39-5)17-22-11-9-12-24(16-22)20-34(3)29(35)19-23-14-15-27(28(18-23)38-4)33-31(37)32-26-13-8-7-10-21(26)2/h7-16,18,25H,6,17,19-20H2,1-5H3,(H2,32,33,37). The van der Waals surface area contributed by atoms with Gasteiger partial charge in [-0.3, -0.25) is 9.59 Å². The topological polar surface area (TPSA) is 97.0 Å². The molecule has 8 heteroatoms. The Morgan fingerprint density at radius 2 is 1.59 bits per heavy atom. The summed E-state index contributed by atoms with van der Waals surface area (Å²) in [6, 6.07) is 20.3. The molecule has 0 aliphatic rings. The van der Waals surface area contributed by atoms with Crippen molar-refractivity contribution in [1.29, 1.82) is 0 Å². The largest absolute Gasteiger partial charge is 0.495 e. The summed E-state index contributed by atoms with van der Waals surface area (Å²) in [4.78, 5) is 39.2. The maximum absolute atomic E-state index is 13.0. The minimum Gasteiger partial charge on any atom is -0.495 e. The molecule has 39 heavy (non-hydrogen) atoms. The van der Waals surface area contributed by atoms with Gasteiger partial charge in [0.05, 0.1) is 32.2 Å². The number of benzene rings is 3. The molecule has 2 N–H and O–H groups in total. The molecule has 0 aliphatic heterocycles. The van der Waals surface area contributed by atoms with Gasteiger partial charge in [-0.15, -0.1) is 0 Å². The van der Waals surface area contributed by atoms with Crippen molar-refractivity contribution in [2.45, 2.75) is 39.7 Å². The molecule has 3 aromatic carbocycles. The number of ether oxygens (including phenoxy) is 2. The minimum atomic E-state index is -0.384. The molecular formula is C31H37N3O5. The Kier molecular flexibility index (Phi) is 10.5. The van der Waals surface area contributed by atoms with E-state index < -0.39 is 0 Å². The first-order chi connectivity index (χ1) is 18.7. The summed E-state index contributed by atoms with van der Waals surface area (Å²) in [5, 5.41) is 5.64. The molecule has 206 valence electrons. The predicted octanol–water partition coefficient (Wildman–Crippen LogP) is 5.59. The summed E-state index contributed by atoms with van der Waals surface area (Å²) >= 11 is 0. The number of urea groups is 1. The van der Waals surface area contributed by atoms with Crippen molar-refractivity contribution in [2.75, 3.05) is 31.9 Å². The number of carbonyl (C=O) groups excluding carboxylic acids is 3. The first-order valence-electron chi connectivity index (χ1n) is 12.9. The van der Waals surface area contributed by atoms with Crippen molar-refractivity contribution in [3.05, 3.63) is 89.0 Å². The van der Waals surface area contributed by atoms with Crippen LogP contribution in [0.1, 0.15) is 35.6 Å². The number of nitrogens with zero attached hydrogens (tertiary/aromatic N) is 1. The summed E-state index contributed by atoms with van der Waals surface area (Å²) in [6.45, 7) is 4.33. The van der Waals surface area contributed by atoms with E-state index in [2.05, 4.69) is 10.6 Å². The highest BCUT2D eigenvalue weighted by atomic mass is 16.5. The quantitative estimate of drug-likeness (QED) is 0.315. The Morgan fingerprint density at radius 1 is 0.872 bits per heavy atom. The van der Waals surface area contributed by atoms with E-state index in [0.29, 0.717) is 30.8 Å². The molecule has 0 saturated carbocycles. The summed E-state index contributed by atoms with van der Waals surface area (Å²) in [6.07, 6.45) is 1.48. The fourth-order valence-electron chi connectivity index (χ4n) is 4.31. The highest BCUT2D eigenvalue weighted by Crippen LogP contribution is 2.27. The predicted molar refractivity (Wildman–Crippen MR) is 153 cm³/mol. The number of carbonyl (C=O) groups is 3. The molecule has 8 nitrogen and oxygen atoms in total. The van der Waals surface area contributed by atoms with Crippen molar-refractivity contribution < 1.29 is 23.9 Å². The monoisotopic (exact) mass is 531 g/mol. The van der Waals surface area contributed by atoms with E-state index in [1.165, 1.54) is 14.2 Å². The smallest absolute Gasteiger partial charge is 0.323 e. The van der Waals surface area contributed by atoms with Crippen LogP contribution >= 0.6 is 0 Å². The molecule has 3 aromatic rings. The first kappa shape index (κ1) is 29.2. The summed E-state index contributed by atoms with van der Waals surface area (Å²) in [7, 11) is 4.69. The molecule has 0 aromatic heterocycles. The van der Waals surface area contributed by atoms with Gasteiger partial charge < -0.3 is 25.0 Å². The summed E-state index contributed by atoms with van der Waals surface area (Å²) < 4.78 is 10.4. The highest BCUT2D eigenvalue weighted by Gasteiger charge is 2.18. The second kappa shape index (κ2) is 14.0. The lowest BCUT2D eigenvalue weighted by Crippen LogP contribution is -2.27. The van der Waals surface area contributed by atoms with Crippen molar-refractivity contribution in [3.8, 4) is 5.75 Å². The number of hydrogen-bond donors (Lipinski definition) is 2. The lowest BCUT2D eigenvalue weighted by atomic mass is 9.96. The number of amides is 3. The van der Waals surface area contributed by atoms with Crippen LogP contribution in [0.4, 0.5) is 16.2 Å². The maximum Gasteiger partial charge on any atom is 0.323 e. The molecular weight excluding hydrogens is 494 g/mol. The van der Waals surface area contributed by atoms with Crippen LogP contribution in [0.25, 0.3) is 0 Å². The van der Waals surface area contributed by atoms with Crippen LogP contribution in [0.15, 0.2) is 66.7 Å². The molecule has 3 rings (SSSR count). The van der Waals surface area contributed by atoms with Gasteiger partial charge in [0.2, 0.25) is 5.91 Å². The third kappa shape index (κ3) is 8.33. The van der Waals surface area contributed by atoms with Crippen molar-refractivity contribution in [2.24, 2.45) is 5.92 Å². The molecule has 0 fully saturated rings. The molecule has 0 bridgehead atoms. The second-order valence-corrected chi connectivity index (χ2v) is 9.51. The third-order valence-electron chi connectivity index (χ3n) is 6.61. The minimum absolute atomic E-state index is 0.0542. The van der Waals surface area contributed by atoms with E-state index in [1.54, 1.807) is 30.1 Å². The van der Waals surface area contributed by atoms with E-state index in [-0.39, 0.29) is 30.2 Å². The maximum atomic E-state index is 13.0. The molecule has 0 spiro atoms. The zero-order valence-corrected chi connectivity index (χ0v) is 23.2. The Labute approximate surface area is 230 Å². The van der Waals surface area contributed by atoms with Gasteiger partial charge >= 0.3 is 12.0 Å². The van der Waals surface area contributed by atoms with E-state index >= 15 is 0 Å². The number of aryl methyl sites for hydroxylation is 1. The highest BCUT2D eigenvalue weighted by molar-refractivity contribution is 6.01. The molecule has 0 radical (unpaired) electrons. The molecule has 3 amide bonds. The van der Waals surface area contributed by atoms with Gasteiger partial charge in [0.15, 0.2) is 0 Å². The fourth-order valence-corrected chi connectivity index (χ4v) is 4.31. The number of nitrogens with one attached hydrogen (secondary N) is 2. The molecule has 0 heterocycles. The van der Waals surface area contributed by atoms with Gasteiger partial charge in [0.1, 0.15) is 5.75 Å². The van der Waals surface area contributed by atoms with Gasteiger partial charge in [0, 0.05) is 19.3 Å². The third-order valence-corrected chi connectivity index (χ3v) is 6.61. The van der Waals surface area contributed by atoms with E-state index in [1.807, 2.05) is 62.4 Å². The van der Waals surface area contributed by atoms with Gasteiger partial charge in [0.25, 0.3) is 0 Å². The van der Waals surface area contributed by atoms with E-state index in [9.17, 15) is 14.4 Å². The lowest BCUT2D eigenvalue weighted by molar-refractivity contribution is -0.145. The van der Waals surface area contributed by atoms with E-state index in [0.717, 1.165) is 27.9 Å². The van der Waals surface area contributed by atoms with Gasteiger partial charge in [-0.05, 0) is 60.2 Å². The summed E-state index contributed by atoms with van der Waals surface area (Å²) in [5.41, 5.74) is 4.97. The Balaban J connectivity index is 1.61. The second-order valence-electron chi connectivity index (χ2n) is 9.51. The van der Waals surface area contributed by atoms with Crippen LogP contribution in [0.3, 0.4) is 0 Å². The van der Waals surface area contributed by atoms with Crippen LogP contribution in [-0.2, 0) is 33.7 Å². The number of likely N-dealkylation sites (N-methyl/N-ethyl adjacent to an activating group) is 1. The zero-order valence-electron chi connectivity index (χ0n) is 23.2. The number of rotatable bonds is 11. The van der Waals surface area contributed by atoms with Crippen LogP contribution in [0.5, 0.6) is 5.75 Å². The number of esters is 1. The SMILES string of the molecule is CCC(Cc1cccc(CN(C)C(=O)Cc2ccc(NC(=O)Nc3ccccc3C)c(OC)c2)c1)C(=O)OC. The number of methoxy groups -OCH3 is 2. The van der Waals surface area contributed by atoms with E-state index in [4.69, 9.17) is 9.47 Å². The normalized spacial score (nSPS) is 11.3. The Morgan fingerprint density at radius 3 is 2.28 bits per heavy atom. The number of hydrogen-bond acceptors (Lipinski definition) is 5. The molecule has 1 unspecified atom stereocenters. The number of anilines is 2. The summed E-state index contributed by atoms with van der Waals surface area (Å²) in [5.74, 6) is 0.0116. The van der Waals surface area contributed by atoms with Crippen LogP contribution < -0.4 is 15.4 Å². The van der Waals surface area contributed by atoms with Gasteiger partial charge in [-0.2, -0.15) is 0 Å². The fraction of sp³-hybridized carbons (Fsp3) is 0.323. The van der Waals surface area contributed by atoms with Crippen LogP contribution in [0.2, 0.25) is 0 Å². The van der Waals surface area contributed by atoms with Crippen molar-refractivity contribution in [3.63, 3.8) is 0 Å². The first-order valence-corrected chi connectivity index (χ1v) is 12.9. The molecule has 0 aliphatic carbocycles. The van der Waals surface area contributed by atoms with Crippen molar-refractivity contribution >= 4 is 29.3 Å². The average Bonchev–Trinajstić information content (AvgIpc) is 2.93. The average molecular weight is 532 g/mol. The van der Waals surface area contributed by atoms with Gasteiger partial charge in [-0.25, -0.2) is 4.79 Å².